The molecule has 0 unspecified atom stereocenters. The lowest BCUT2D eigenvalue weighted by molar-refractivity contribution is -0.148. The van der Waals surface area contributed by atoms with E-state index in [1.807, 2.05) is 18.7 Å². The van der Waals surface area contributed by atoms with Crippen LogP contribution in [0.2, 0.25) is 0 Å². The van der Waals surface area contributed by atoms with E-state index in [0.717, 1.165) is 63.1 Å². The smallest absolute Gasteiger partial charge is 0.231 e. The molecular formula is C25H32N2O3. The second kappa shape index (κ2) is 8.88. The molecule has 160 valence electrons. The van der Waals surface area contributed by atoms with E-state index in [1.165, 1.54) is 5.56 Å². The van der Waals surface area contributed by atoms with E-state index >= 15 is 0 Å². The predicted molar refractivity (Wildman–Crippen MR) is 116 cm³/mol. The van der Waals surface area contributed by atoms with Gasteiger partial charge in [-0.1, -0.05) is 0 Å². The number of aliphatic hydroxyl groups is 1. The molecule has 1 aliphatic carbocycles. The first kappa shape index (κ1) is 21.0. The molecule has 0 radical (unpaired) electrons. The molecule has 30 heavy (non-hydrogen) atoms. The van der Waals surface area contributed by atoms with E-state index < -0.39 is 5.41 Å². The number of piperidine rings is 1. The molecule has 3 aliphatic rings. The molecule has 2 N–H and O–H groups in total. The van der Waals surface area contributed by atoms with Crippen LogP contribution in [0.1, 0.15) is 81.4 Å². The topological polar surface area (TPSA) is 65.7 Å². The first-order valence-electron chi connectivity index (χ1n) is 11.2. The van der Waals surface area contributed by atoms with Gasteiger partial charge in [0.05, 0.1) is 18.1 Å². The molecule has 1 spiro atoms. The Labute approximate surface area is 179 Å². The van der Waals surface area contributed by atoms with Gasteiger partial charge in [-0.05, 0) is 51.2 Å². The summed E-state index contributed by atoms with van der Waals surface area (Å²) in [5.74, 6) is 14.3. The number of amides is 1. The number of fused-ring (bicyclic) bond motifs is 3. The van der Waals surface area contributed by atoms with Gasteiger partial charge < -0.3 is 19.7 Å². The van der Waals surface area contributed by atoms with Gasteiger partial charge in [-0.25, -0.2) is 0 Å². The van der Waals surface area contributed by atoms with Crippen LogP contribution < -0.4 is 5.32 Å². The van der Waals surface area contributed by atoms with Gasteiger partial charge in [-0.3, -0.25) is 4.79 Å². The van der Waals surface area contributed by atoms with Crippen molar-refractivity contribution < 1.29 is 14.3 Å². The monoisotopic (exact) mass is 408 g/mol. The van der Waals surface area contributed by atoms with E-state index in [4.69, 9.17) is 4.42 Å². The lowest BCUT2D eigenvalue weighted by Gasteiger charge is -2.43. The highest BCUT2D eigenvalue weighted by Gasteiger charge is 2.66. The van der Waals surface area contributed by atoms with Crippen molar-refractivity contribution in [3.05, 3.63) is 23.2 Å². The molecular weight excluding hydrogens is 376 g/mol. The number of aryl methyl sites for hydroxylation is 1. The second-order valence-corrected chi connectivity index (χ2v) is 8.70. The molecule has 4 rings (SSSR count). The third-order valence-electron chi connectivity index (χ3n) is 7.03. The fourth-order valence-corrected chi connectivity index (χ4v) is 5.73. The first-order chi connectivity index (χ1) is 14.7. The summed E-state index contributed by atoms with van der Waals surface area (Å²) in [5.41, 5.74) is 0.694. The minimum atomic E-state index is -0.509. The second-order valence-electron chi connectivity index (χ2n) is 8.70. The number of carbonyl (C=O) groups is 1. The molecule has 5 heteroatoms. The normalized spacial score (nSPS) is 28.8. The zero-order valence-corrected chi connectivity index (χ0v) is 18.1. The van der Waals surface area contributed by atoms with Gasteiger partial charge in [0.25, 0.3) is 0 Å². The Kier molecular flexibility index (Phi) is 6.23. The van der Waals surface area contributed by atoms with Crippen LogP contribution in [0.5, 0.6) is 0 Å². The Morgan fingerprint density at radius 1 is 1.27 bits per heavy atom. The lowest BCUT2D eigenvalue weighted by atomic mass is 9.67. The van der Waals surface area contributed by atoms with Gasteiger partial charge in [-0.2, -0.15) is 0 Å². The van der Waals surface area contributed by atoms with Crippen LogP contribution in [0.25, 0.3) is 0 Å². The predicted octanol–water partition coefficient (Wildman–Crippen LogP) is 3.14. The number of carbonyl (C=O) groups excluding carboxylic acids is 1. The molecule has 0 aromatic carbocycles. The van der Waals surface area contributed by atoms with Gasteiger partial charge >= 0.3 is 0 Å². The van der Waals surface area contributed by atoms with Gasteiger partial charge in [0.15, 0.2) is 0 Å². The van der Waals surface area contributed by atoms with E-state index in [2.05, 4.69) is 35.1 Å². The fourth-order valence-electron chi connectivity index (χ4n) is 5.73. The molecule has 3 heterocycles. The van der Waals surface area contributed by atoms with E-state index in [9.17, 15) is 9.90 Å². The number of likely N-dealkylation sites (tertiary alicyclic amines) is 1. The Balaban J connectivity index is 1.55. The summed E-state index contributed by atoms with van der Waals surface area (Å²) in [6, 6.07) is 1.97. The van der Waals surface area contributed by atoms with Gasteiger partial charge in [0.2, 0.25) is 5.91 Å². The van der Waals surface area contributed by atoms with Crippen molar-refractivity contribution in [2.24, 2.45) is 5.41 Å². The van der Waals surface area contributed by atoms with E-state index in [0.29, 0.717) is 6.42 Å². The van der Waals surface area contributed by atoms with Crippen molar-refractivity contribution in [1.29, 1.82) is 0 Å². The van der Waals surface area contributed by atoms with Crippen molar-refractivity contribution in [2.45, 2.75) is 76.8 Å². The maximum Gasteiger partial charge on any atom is 0.231 e. The van der Waals surface area contributed by atoms with Crippen molar-refractivity contribution >= 4 is 5.91 Å². The summed E-state index contributed by atoms with van der Waals surface area (Å²) in [7, 11) is 0. The molecule has 2 saturated heterocycles. The van der Waals surface area contributed by atoms with Crippen molar-refractivity contribution in [3.8, 4) is 23.7 Å². The van der Waals surface area contributed by atoms with Crippen molar-refractivity contribution in [1.82, 2.24) is 10.2 Å². The van der Waals surface area contributed by atoms with E-state index in [-0.39, 0.29) is 30.5 Å². The SMILES string of the molecule is CC#CCCCCN1CC[C@H]2c3cc(CCC#CC)oc3[C@@H]3N[C@@H](CO)C[C@]23C1=O. The maximum absolute atomic E-state index is 13.8. The Hall–Kier alpha value is -2.21. The number of furan rings is 1. The summed E-state index contributed by atoms with van der Waals surface area (Å²) >= 11 is 0. The molecule has 1 aromatic rings. The molecule has 0 bridgehead atoms. The molecule has 1 amide bonds. The molecule has 0 saturated carbocycles. The van der Waals surface area contributed by atoms with Crippen LogP contribution in [0.4, 0.5) is 0 Å². The number of hydrogen-bond donors (Lipinski definition) is 2. The summed E-state index contributed by atoms with van der Waals surface area (Å²) in [4.78, 5) is 15.8. The van der Waals surface area contributed by atoms with Crippen molar-refractivity contribution in [3.63, 3.8) is 0 Å². The van der Waals surface area contributed by atoms with Gasteiger partial charge in [0.1, 0.15) is 11.5 Å². The number of hydrogen-bond acceptors (Lipinski definition) is 4. The van der Waals surface area contributed by atoms with Crippen LogP contribution in [0.3, 0.4) is 0 Å². The highest BCUT2D eigenvalue weighted by Crippen LogP contribution is 2.64. The fraction of sp³-hybridized carbons (Fsp3) is 0.640. The largest absolute Gasteiger partial charge is 0.464 e. The average Bonchev–Trinajstić information content (AvgIpc) is 3.38. The first-order valence-corrected chi connectivity index (χ1v) is 11.2. The standard InChI is InChI=1S/C25H32N2O3/c1-3-5-7-8-10-13-27-14-12-21-20-15-19(11-9-6-4-2)30-22(20)23-25(21,24(27)29)16-18(17-28)26-23/h15,18,21,23,26,28H,7-14,16-17H2,1-2H3/t18-,21+,23+,25+/m1/s1. The van der Waals surface area contributed by atoms with Gasteiger partial charge in [0, 0.05) is 44.3 Å². The quantitative estimate of drug-likeness (QED) is 0.537. The summed E-state index contributed by atoms with van der Waals surface area (Å²) in [5, 5.41) is 13.4. The third-order valence-corrected chi connectivity index (χ3v) is 7.03. The highest BCUT2D eigenvalue weighted by atomic mass is 16.3. The summed E-state index contributed by atoms with van der Waals surface area (Å²) < 4.78 is 6.28. The van der Waals surface area contributed by atoms with Crippen molar-refractivity contribution in [2.75, 3.05) is 19.7 Å². The van der Waals surface area contributed by atoms with E-state index in [1.54, 1.807) is 0 Å². The number of aliphatic hydroxyl groups excluding tert-OH is 1. The molecule has 2 aliphatic heterocycles. The minimum absolute atomic E-state index is 0.0446. The van der Waals surface area contributed by atoms with Crippen LogP contribution >= 0.6 is 0 Å². The lowest BCUT2D eigenvalue weighted by Crippen LogP contribution is -2.52. The average molecular weight is 409 g/mol. The Bertz CT molecular complexity index is 912. The van der Waals surface area contributed by atoms with Crippen LogP contribution in [0, 0.1) is 29.1 Å². The Morgan fingerprint density at radius 2 is 2.07 bits per heavy atom. The Morgan fingerprint density at radius 3 is 2.83 bits per heavy atom. The van der Waals surface area contributed by atoms with Crippen LogP contribution in [0.15, 0.2) is 10.5 Å². The zero-order valence-electron chi connectivity index (χ0n) is 18.1. The number of rotatable bonds is 7. The zero-order chi connectivity index (χ0) is 21.1. The minimum Gasteiger partial charge on any atom is -0.464 e. The molecule has 1 aromatic heterocycles. The molecule has 2 fully saturated rings. The highest BCUT2D eigenvalue weighted by molar-refractivity contribution is 5.88. The summed E-state index contributed by atoms with van der Waals surface area (Å²) in [6.45, 7) is 5.34. The van der Waals surface area contributed by atoms with Crippen LogP contribution in [-0.2, 0) is 11.2 Å². The van der Waals surface area contributed by atoms with Crippen LogP contribution in [-0.4, -0.2) is 41.7 Å². The number of nitrogens with one attached hydrogen (secondary N) is 1. The molecule has 5 nitrogen and oxygen atoms in total. The maximum atomic E-state index is 13.8. The third kappa shape index (κ3) is 3.45. The van der Waals surface area contributed by atoms with Gasteiger partial charge in [-0.15, -0.1) is 23.7 Å². The number of nitrogens with zero attached hydrogens (tertiary/aromatic N) is 1. The summed E-state index contributed by atoms with van der Waals surface area (Å²) in [6.07, 6.45) is 6.10. The molecule has 4 atom stereocenters. The number of unbranched alkanes of at least 4 members (excludes halogenated alkanes) is 2.